The molecule has 0 N–H and O–H groups in total. The van der Waals surface area contributed by atoms with Crippen LogP contribution in [0, 0.1) is 5.82 Å². The number of rotatable bonds is 6. The van der Waals surface area contributed by atoms with E-state index in [1.54, 1.807) is 35.2 Å². The number of hydrogen-bond donors (Lipinski definition) is 0. The van der Waals surface area contributed by atoms with Crippen molar-refractivity contribution in [3.63, 3.8) is 0 Å². The standard InChI is InChI=1S/C21H21FN2O3S/c1-2-26-16-8-5-14(6-9-16)20(25)24(13-17-4-3-11-27-17)21-23-18-10-7-15(22)12-19(18)28-21/h5-10,12,17H,2-4,11,13H2,1H3. The summed E-state index contributed by atoms with van der Waals surface area (Å²) in [7, 11) is 0. The largest absolute Gasteiger partial charge is 0.494 e. The van der Waals surface area contributed by atoms with Crippen LogP contribution in [0.5, 0.6) is 5.75 Å². The highest BCUT2D eigenvalue weighted by Crippen LogP contribution is 2.31. The van der Waals surface area contributed by atoms with Crippen LogP contribution in [0.25, 0.3) is 10.2 Å². The van der Waals surface area contributed by atoms with Crippen LogP contribution in [-0.4, -0.2) is 36.8 Å². The zero-order chi connectivity index (χ0) is 19.5. The molecule has 1 aliphatic rings. The van der Waals surface area contributed by atoms with E-state index in [4.69, 9.17) is 9.47 Å². The molecule has 1 unspecified atom stereocenters. The van der Waals surface area contributed by atoms with Crippen molar-refractivity contribution in [1.82, 2.24) is 4.98 Å². The summed E-state index contributed by atoms with van der Waals surface area (Å²) in [6.45, 7) is 3.62. The first kappa shape index (κ1) is 18.8. The van der Waals surface area contributed by atoms with Crippen LogP contribution in [-0.2, 0) is 4.74 Å². The zero-order valence-corrected chi connectivity index (χ0v) is 16.4. The van der Waals surface area contributed by atoms with Crippen LogP contribution < -0.4 is 9.64 Å². The van der Waals surface area contributed by atoms with Crippen molar-refractivity contribution in [2.75, 3.05) is 24.7 Å². The first-order valence-electron chi connectivity index (χ1n) is 9.36. The van der Waals surface area contributed by atoms with E-state index in [-0.39, 0.29) is 17.8 Å². The van der Waals surface area contributed by atoms with Gasteiger partial charge in [-0.1, -0.05) is 11.3 Å². The Hall–Kier alpha value is -2.51. The minimum absolute atomic E-state index is 0.0182. The van der Waals surface area contributed by atoms with Crippen molar-refractivity contribution >= 4 is 32.6 Å². The van der Waals surface area contributed by atoms with Gasteiger partial charge in [0.1, 0.15) is 11.6 Å². The summed E-state index contributed by atoms with van der Waals surface area (Å²) in [4.78, 5) is 19.5. The Kier molecular flexibility index (Phi) is 5.54. The topological polar surface area (TPSA) is 51.7 Å². The van der Waals surface area contributed by atoms with Gasteiger partial charge in [0.25, 0.3) is 5.91 Å². The molecule has 0 spiro atoms. The molecule has 1 aliphatic heterocycles. The number of fused-ring (bicyclic) bond motifs is 1. The molecule has 1 atom stereocenters. The molecule has 4 rings (SSSR count). The summed E-state index contributed by atoms with van der Waals surface area (Å²) in [5.41, 5.74) is 1.23. The molecule has 5 nitrogen and oxygen atoms in total. The number of nitrogens with zero attached hydrogens (tertiary/aromatic N) is 2. The fourth-order valence-electron chi connectivity index (χ4n) is 3.26. The van der Waals surface area contributed by atoms with Crippen LogP contribution in [0.1, 0.15) is 30.1 Å². The Bertz CT molecular complexity index is 967. The molecule has 146 valence electrons. The lowest BCUT2D eigenvalue weighted by Crippen LogP contribution is -2.37. The zero-order valence-electron chi connectivity index (χ0n) is 15.6. The van der Waals surface area contributed by atoms with E-state index in [2.05, 4.69) is 4.98 Å². The molecular formula is C21H21FN2O3S. The van der Waals surface area contributed by atoms with Gasteiger partial charge in [-0.3, -0.25) is 9.69 Å². The number of carbonyl (C=O) groups is 1. The number of halogens is 1. The van der Waals surface area contributed by atoms with Gasteiger partial charge in [0.2, 0.25) is 0 Å². The quantitative estimate of drug-likeness (QED) is 0.604. The van der Waals surface area contributed by atoms with Gasteiger partial charge in [0.05, 0.1) is 29.5 Å². The monoisotopic (exact) mass is 400 g/mol. The fraction of sp³-hybridized carbons (Fsp3) is 0.333. The SMILES string of the molecule is CCOc1ccc(C(=O)N(CC2CCCO2)c2nc3ccc(F)cc3s2)cc1. The maximum absolute atomic E-state index is 13.6. The Balaban J connectivity index is 1.66. The predicted octanol–water partition coefficient (Wildman–Crippen LogP) is 4.66. The van der Waals surface area contributed by atoms with Crippen LogP contribution in [0.15, 0.2) is 42.5 Å². The van der Waals surface area contributed by atoms with E-state index in [9.17, 15) is 9.18 Å². The van der Waals surface area contributed by atoms with Gasteiger partial charge in [0, 0.05) is 12.2 Å². The molecule has 2 aromatic carbocycles. The maximum atomic E-state index is 13.6. The first-order valence-corrected chi connectivity index (χ1v) is 10.2. The van der Waals surface area contributed by atoms with Gasteiger partial charge in [-0.25, -0.2) is 9.37 Å². The number of hydrogen-bond acceptors (Lipinski definition) is 5. The Morgan fingerprint density at radius 1 is 1.32 bits per heavy atom. The van der Waals surface area contributed by atoms with Crippen molar-refractivity contribution in [2.45, 2.75) is 25.9 Å². The number of aromatic nitrogens is 1. The van der Waals surface area contributed by atoms with Gasteiger partial charge in [-0.15, -0.1) is 0 Å². The van der Waals surface area contributed by atoms with E-state index >= 15 is 0 Å². The Morgan fingerprint density at radius 3 is 2.86 bits per heavy atom. The summed E-state index contributed by atoms with van der Waals surface area (Å²) in [5.74, 6) is 0.254. The van der Waals surface area contributed by atoms with E-state index in [0.29, 0.717) is 40.7 Å². The van der Waals surface area contributed by atoms with Gasteiger partial charge in [-0.05, 0) is 62.2 Å². The summed E-state index contributed by atoms with van der Waals surface area (Å²) in [5, 5.41) is 0.551. The normalized spacial score (nSPS) is 16.4. The number of benzene rings is 2. The van der Waals surface area contributed by atoms with Crippen molar-refractivity contribution in [3.8, 4) is 5.75 Å². The van der Waals surface area contributed by atoms with Gasteiger partial charge in [-0.2, -0.15) is 0 Å². The minimum atomic E-state index is -0.314. The number of thiazole rings is 1. The van der Waals surface area contributed by atoms with E-state index in [1.165, 1.54) is 23.5 Å². The van der Waals surface area contributed by atoms with Gasteiger partial charge < -0.3 is 9.47 Å². The number of carbonyl (C=O) groups excluding carboxylic acids is 1. The van der Waals surface area contributed by atoms with Crippen LogP contribution in [0.4, 0.5) is 9.52 Å². The number of anilines is 1. The Labute approximate surface area is 166 Å². The second kappa shape index (κ2) is 8.24. The van der Waals surface area contributed by atoms with Crippen molar-refractivity contribution in [3.05, 3.63) is 53.8 Å². The molecule has 2 heterocycles. The molecule has 7 heteroatoms. The fourth-order valence-corrected chi connectivity index (χ4v) is 4.26. The molecule has 1 saturated heterocycles. The van der Waals surface area contributed by atoms with Crippen LogP contribution in [0.3, 0.4) is 0 Å². The highest BCUT2D eigenvalue weighted by Gasteiger charge is 2.27. The third kappa shape index (κ3) is 4.00. The molecule has 28 heavy (non-hydrogen) atoms. The summed E-state index contributed by atoms with van der Waals surface area (Å²) >= 11 is 1.31. The molecule has 1 aromatic heterocycles. The lowest BCUT2D eigenvalue weighted by Gasteiger charge is -2.23. The maximum Gasteiger partial charge on any atom is 0.260 e. The summed E-state index contributed by atoms with van der Waals surface area (Å²) in [6.07, 6.45) is 1.88. The molecule has 3 aromatic rings. The molecule has 0 saturated carbocycles. The highest BCUT2D eigenvalue weighted by atomic mass is 32.1. The second-order valence-electron chi connectivity index (χ2n) is 6.62. The molecule has 0 radical (unpaired) electrons. The van der Waals surface area contributed by atoms with Crippen molar-refractivity contribution < 1.29 is 18.7 Å². The third-order valence-electron chi connectivity index (χ3n) is 4.64. The molecule has 0 aliphatic carbocycles. The van der Waals surface area contributed by atoms with Gasteiger partial charge >= 0.3 is 0 Å². The van der Waals surface area contributed by atoms with Crippen LogP contribution in [0.2, 0.25) is 0 Å². The Morgan fingerprint density at radius 2 is 2.14 bits per heavy atom. The van der Waals surface area contributed by atoms with Gasteiger partial charge in [0.15, 0.2) is 5.13 Å². The average Bonchev–Trinajstić information content (AvgIpc) is 3.35. The lowest BCUT2D eigenvalue weighted by molar-refractivity contribution is 0.0917. The smallest absolute Gasteiger partial charge is 0.260 e. The second-order valence-corrected chi connectivity index (χ2v) is 7.63. The number of amides is 1. The summed E-state index contributed by atoms with van der Waals surface area (Å²) in [6, 6.07) is 11.5. The highest BCUT2D eigenvalue weighted by molar-refractivity contribution is 7.22. The lowest BCUT2D eigenvalue weighted by atomic mass is 10.1. The van der Waals surface area contributed by atoms with Crippen molar-refractivity contribution in [1.29, 1.82) is 0 Å². The minimum Gasteiger partial charge on any atom is -0.494 e. The third-order valence-corrected chi connectivity index (χ3v) is 5.68. The molecule has 0 bridgehead atoms. The molecule has 1 fully saturated rings. The first-order chi connectivity index (χ1) is 13.6. The van der Waals surface area contributed by atoms with E-state index in [1.807, 2.05) is 6.92 Å². The van der Waals surface area contributed by atoms with Crippen LogP contribution >= 0.6 is 11.3 Å². The molecular weight excluding hydrogens is 379 g/mol. The summed E-state index contributed by atoms with van der Waals surface area (Å²) < 4.78 is 25.5. The number of ether oxygens (including phenoxy) is 2. The van der Waals surface area contributed by atoms with E-state index < -0.39 is 0 Å². The average molecular weight is 400 g/mol. The predicted molar refractivity (Wildman–Crippen MR) is 108 cm³/mol. The van der Waals surface area contributed by atoms with E-state index in [0.717, 1.165) is 18.6 Å². The molecule has 1 amide bonds. The van der Waals surface area contributed by atoms with Crippen molar-refractivity contribution in [2.24, 2.45) is 0 Å².